The van der Waals surface area contributed by atoms with Crippen molar-refractivity contribution in [1.29, 1.82) is 0 Å². The average Bonchev–Trinajstić information content (AvgIpc) is 2.28. The van der Waals surface area contributed by atoms with E-state index in [1.165, 1.54) is 11.8 Å². The Morgan fingerprint density at radius 2 is 2.29 bits per heavy atom. The monoisotopic (exact) mass is 367 g/mol. The van der Waals surface area contributed by atoms with E-state index in [9.17, 15) is 4.79 Å². The first kappa shape index (κ1) is 14.7. The van der Waals surface area contributed by atoms with Crippen LogP contribution in [-0.2, 0) is 4.79 Å². The Hall–Kier alpha value is -0.310. The Labute approximate surface area is 118 Å². The number of hydrogen-bond donors (Lipinski definition) is 3. The van der Waals surface area contributed by atoms with Gasteiger partial charge in [0.1, 0.15) is 0 Å². The van der Waals surface area contributed by atoms with Crippen LogP contribution >= 0.6 is 34.4 Å². The number of carbonyl (C=O) groups excluding carboxylic acids is 1. The minimum Gasteiger partial charge on any atom is -0.394 e. The highest BCUT2D eigenvalue weighted by atomic mass is 127. The lowest BCUT2D eigenvalue weighted by Crippen LogP contribution is -2.19. The molecule has 0 saturated heterocycles. The number of hydrogen-bond acceptors (Lipinski definition) is 4. The van der Waals surface area contributed by atoms with Crippen LogP contribution in [0, 0.1) is 3.57 Å². The number of amides is 1. The fourth-order valence-corrected chi connectivity index (χ4v) is 2.40. The average molecular weight is 367 g/mol. The number of rotatable bonds is 6. The number of anilines is 1. The van der Waals surface area contributed by atoms with Gasteiger partial charge in [-0.15, -0.1) is 11.8 Å². The number of halogens is 1. The summed E-state index contributed by atoms with van der Waals surface area (Å²) in [4.78, 5) is 11.5. The maximum absolute atomic E-state index is 11.5. The molecule has 1 amide bonds. The third-order valence-corrected chi connectivity index (χ3v) is 3.62. The number of aliphatic hydroxyl groups excluding tert-OH is 2. The zero-order valence-corrected chi connectivity index (χ0v) is 12.1. The molecule has 0 heterocycles. The number of aliphatic hydroxyl groups is 2. The standard InChI is InChI=1S/C11H14INO3S/c12-8-2-1-3-9(4-8)13-11(16)7-17-6-10(15)5-14/h1-4,10,14-15H,5-7H2,(H,13,16). The first-order valence-electron chi connectivity index (χ1n) is 5.04. The highest BCUT2D eigenvalue weighted by Gasteiger charge is 2.06. The van der Waals surface area contributed by atoms with Crippen LogP contribution in [0.1, 0.15) is 0 Å². The summed E-state index contributed by atoms with van der Waals surface area (Å²) in [6.07, 6.45) is -0.759. The van der Waals surface area contributed by atoms with Gasteiger partial charge in [0, 0.05) is 15.0 Å². The lowest BCUT2D eigenvalue weighted by atomic mass is 10.3. The summed E-state index contributed by atoms with van der Waals surface area (Å²) in [5.74, 6) is 0.515. The largest absolute Gasteiger partial charge is 0.394 e. The first-order valence-corrected chi connectivity index (χ1v) is 7.27. The maximum atomic E-state index is 11.5. The van der Waals surface area contributed by atoms with Crippen molar-refractivity contribution < 1.29 is 15.0 Å². The van der Waals surface area contributed by atoms with Gasteiger partial charge in [0.25, 0.3) is 0 Å². The van der Waals surface area contributed by atoms with Gasteiger partial charge in [-0.2, -0.15) is 0 Å². The summed E-state index contributed by atoms with van der Waals surface area (Å²) in [5, 5.41) is 20.5. The van der Waals surface area contributed by atoms with E-state index in [0.29, 0.717) is 5.75 Å². The van der Waals surface area contributed by atoms with Gasteiger partial charge in [-0.25, -0.2) is 0 Å². The number of nitrogens with one attached hydrogen (secondary N) is 1. The van der Waals surface area contributed by atoms with E-state index in [4.69, 9.17) is 10.2 Å². The van der Waals surface area contributed by atoms with Gasteiger partial charge in [-0.3, -0.25) is 4.79 Å². The quantitative estimate of drug-likeness (QED) is 0.664. The Bertz CT molecular complexity index is 375. The second kappa shape index (κ2) is 7.91. The summed E-state index contributed by atoms with van der Waals surface area (Å²) in [5.41, 5.74) is 0.769. The lowest BCUT2D eigenvalue weighted by molar-refractivity contribution is -0.113. The molecule has 6 heteroatoms. The van der Waals surface area contributed by atoms with Crippen LogP contribution < -0.4 is 5.32 Å². The van der Waals surface area contributed by atoms with Crippen LogP contribution in [0.2, 0.25) is 0 Å². The molecule has 0 aliphatic heterocycles. The molecule has 1 aromatic rings. The van der Waals surface area contributed by atoms with E-state index in [0.717, 1.165) is 9.26 Å². The second-order valence-corrected chi connectivity index (χ2v) is 5.69. The van der Waals surface area contributed by atoms with Gasteiger partial charge in [0.05, 0.1) is 18.5 Å². The Morgan fingerprint density at radius 3 is 2.94 bits per heavy atom. The molecule has 1 atom stereocenters. The van der Waals surface area contributed by atoms with Crippen molar-refractivity contribution in [3.63, 3.8) is 0 Å². The van der Waals surface area contributed by atoms with Gasteiger partial charge in [-0.05, 0) is 40.8 Å². The van der Waals surface area contributed by atoms with Crippen molar-refractivity contribution in [2.24, 2.45) is 0 Å². The molecule has 0 fully saturated rings. The van der Waals surface area contributed by atoms with E-state index in [1.807, 2.05) is 24.3 Å². The summed E-state index contributed by atoms with van der Waals surface area (Å²) in [6, 6.07) is 7.53. The van der Waals surface area contributed by atoms with Gasteiger partial charge in [0.2, 0.25) is 5.91 Å². The van der Waals surface area contributed by atoms with Crippen molar-refractivity contribution in [2.45, 2.75) is 6.10 Å². The molecule has 0 bridgehead atoms. The van der Waals surface area contributed by atoms with Crippen molar-refractivity contribution in [3.05, 3.63) is 27.8 Å². The molecule has 0 saturated carbocycles. The van der Waals surface area contributed by atoms with Gasteiger partial charge >= 0.3 is 0 Å². The predicted octanol–water partition coefficient (Wildman–Crippen LogP) is 1.32. The SMILES string of the molecule is O=C(CSCC(O)CO)Nc1cccc(I)c1. The summed E-state index contributed by atoms with van der Waals surface area (Å²) in [6.45, 7) is -0.272. The van der Waals surface area contributed by atoms with E-state index in [1.54, 1.807) is 0 Å². The molecule has 1 rings (SSSR count). The van der Waals surface area contributed by atoms with E-state index in [-0.39, 0.29) is 18.3 Å². The molecule has 94 valence electrons. The van der Waals surface area contributed by atoms with Crippen molar-refractivity contribution in [2.75, 3.05) is 23.4 Å². The minimum absolute atomic E-state index is 0.109. The van der Waals surface area contributed by atoms with Crippen molar-refractivity contribution >= 4 is 45.9 Å². The fraction of sp³-hybridized carbons (Fsp3) is 0.364. The topological polar surface area (TPSA) is 69.6 Å². The van der Waals surface area contributed by atoms with Crippen LogP contribution in [-0.4, -0.2) is 40.3 Å². The molecule has 4 nitrogen and oxygen atoms in total. The van der Waals surface area contributed by atoms with Crippen molar-refractivity contribution in [3.8, 4) is 0 Å². The van der Waals surface area contributed by atoms with Gasteiger partial charge < -0.3 is 15.5 Å². The molecule has 3 N–H and O–H groups in total. The van der Waals surface area contributed by atoms with E-state index >= 15 is 0 Å². The van der Waals surface area contributed by atoms with Crippen LogP contribution in [0.4, 0.5) is 5.69 Å². The summed E-state index contributed by atoms with van der Waals surface area (Å²) in [7, 11) is 0. The molecule has 1 unspecified atom stereocenters. The van der Waals surface area contributed by atoms with E-state index in [2.05, 4.69) is 27.9 Å². The third-order valence-electron chi connectivity index (χ3n) is 1.86. The van der Waals surface area contributed by atoms with E-state index < -0.39 is 6.10 Å². The summed E-state index contributed by atoms with van der Waals surface area (Å²) < 4.78 is 1.06. The molecule has 0 aliphatic rings. The number of benzene rings is 1. The number of carbonyl (C=O) groups is 1. The van der Waals surface area contributed by atoms with Crippen LogP contribution in [0.25, 0.3) is 0 Å². The Kier molecular flexibility index (Phi) is 6.86. The molecule has 0 spiro atoms. The van der Waals surface area contributed by atoms with Gasteiger partial charge in [-0.1, -0.05) is 6.07 Å². The summed E-state index contributed by atoms with van der Waals surface area (Å²) >= 11 is 3.47. The van der Waals surface area contributed by atoms with Crippen LogP contribution in [0.5, 0.6) is 0 Å². The zero-order valence-electron chi connectivity index (χ0n) is 9.10. The molecule has 0 radical (unpaired) electrons. The molecule has 1 aromatic carbocycles. The molecule has 0 aliphatic carbocycles. The first-order chi connectivity index (χ1) is 8.11. The number of thioether (sulfide) groups is 1. The fourth-order valence-electron chi connectivity index (χ4n) is 1.10. The highest BCUT2D eigenvalue weighted by molar-refractivity contribution is 14.1. The molecule has 0 aromatic heterocycles. The zero-order chi connectivity index (χ0) is 12.7. The van der Waals surface area contributed by atoms with Crippen LogP contribution in [0.15, 0.2) is 24.3 Å². The normalized spacial score (nSPS) is 12.2. The van der Waals surface area contributed by atoms with Crippen molar-refractivity contribution in [1.82, 2.24) is 0 Å². The molecular formula is C11H14INO3S. The Balaban J connectivity index is 2.30. The Morgan fingerprint density at radius 1 is 1.53 bits per heavy atom. The minimum atomic E-state index is -0.759. The predicted molar refractivity (Wildman–Crippen MR) is 78.2 cm³/mol. The smallest absolute Gasteiger partial charge is 0.234 e. The van der Waals surface area contributed by atoms with Crippen LogP contribution in [0.3, 0.4) is 0 Å². The van der Waals surface area contributed by atoms with Gasteiger partial charge in [0.15, 0.2) is 0 Å². The third kappa shape index (κ3) is 6.25. The lowest BCUT2D eigenvalue weighted by Gasteiger charge is -2.07. The highest BCUT2D eigenvalue weighted by Crippen LogP contribution is 2.13. The second-order valence-electron chi connectivity index (χ2n) is 3.41. The maximum Gasteiger partial charge on any atom is 0.234 e. The molecular weight excluding hydrogens is 353 g/mol. The molecule has 17 heavy (non-hydrogen) atoms.